The second-order valence-electron chi connectivity index (χ2n) is 7.30. The van der Waals surface area contributed by atoms with Crippen molar-refractivity contribution in [3.05, 3.63) is 107 Å². The number of methoxy groups -OCH3 is 1. The molecule has 3 rings (SSSR count). The van der Waals surface area contributed by atoms with Gasteiger partial charge >= 0.3 is 5.97 Å². The lowest BCUT2D eigenvalue weighted by Crippen LogP contribution is -2.30. The van der Waals surface area contributed by atoms with E-state index in [2.05, 4.69) is 14.8 Å². The van der Waals surface area contributed by atoms with Crippen LogP contribution < -0.4 is 10.0 Å². The van der Waals surface area contributed by atoms with Crippen LogP contribution in [0.1, 0.15) is 33.9 Å². The van der Waals surface area contributed by atoms with E-state index in [9.17, 15) is 22.4 Å². The van der Waals surface area contributed by atoms with Crippen molar-refractivity contribution in [2.75, 3.05) is 11.8 Å². The second-order valence-corrected chi connectivity index (χ2v) is 8.86. The lowest BCUT2D eigenvalue weighted by atomic mass is 10.0. The van der Waals surface area contributed by atoms with Crippen LogP contribution in [0.2, 0.25) is 0 Å². The maximum atomic E-state index is 13.3. The summed E-state index contributed by atoms with van der Waals surface area (Å²) in [4.78, 5) is 24.5. The standard InChI is InChI=1S/C25H23FN2O5S/c1-33-24(29)17-23(19-7-11-21(26)12-8-19)27-25(30)20-9-13-22(14-10-20)28-34(31,32)16-15-18-5-3-2-4-6-18/h2-16,23,28H,17H2,1H3,(H,27,30)/b16-15+. The van der Waals surface area contributed by atoms with Gasteiger partial charge in [-0.05, 0) is 53.6 Å². The number of hydrogen-bond donors (Lipinski definition) is 2. The Hall–Kier alpha value is -3.98. The first-order chi connectivity index (χ1) is 16.3. The van der Waals surface area contributed by atoms with E-state index >= 15 is 0 Å². The van der Waals surface area contributed by atoms with Crippen LogP contribution >= 0.6 is 0 Å². The number of halogens is 1. The van der Waals surface area contributed by atoms with E-state index in [0.29, 0.717) is 5.56 Å². The van der Waals surface area contributed by atoms with Crippen molar-refractivity contribution in [3.8, 4) is 0 Å². The van der Waals surface area contributed by atoms with Crippen LogP contribution in [0.5, 0.6) is 0 Å². The fourth-order valence-corrected chi connectivity index (χ4v) is 3.93. The summed E-state index contributed by atoms with van der Waals surface area (Å²) in [6.45, 7) is 0. The zero-order valence-corrected chi connectivity index (χ0v) is 19.1. The number of carbonyl (C=O) groups is 2. The SMILES string of the molecule is COC(=O)CC(NC(=O)c1ccc(NS(=O)(=O)/C=C/c2ccccc2)cc1)c1ccc(F)cc1. The molecule has 1 unspecified atom stereocenters. The highest BCUT2D eigenvalue weighted by molar-refractivity contribution is 7.95. The van der Waals surface area contributed by atoms with E-state index in [1.165, 1.54) is 61.7 Å². The summed E-state index contributed by atoms with van der Waals surface area (Å²) in [5.74, 6) is -1.47. The van der Waals surface area contributed by atoms with Crippen molar-refractivity contribution in [1.29, 1.82) is 0 Å². The van der Waals surface area contributed by atoms with Gasteiger partial charge in [-0.1, -0.05) is 42.5 Å². The summed E-state index contributed by atoms with van der Waals surface area (Å²) in [5, 5.41) is 3.79. The van der Waals surface area contributed by atoms with Gasteiger partial charge in [0.25, 0.3) is 15.9 Å². The first kappa shape index (κ1) is 24.7. The predicted octanol–water partition coefficient (Wildman–Crippen LogP) is 4.27. The van der Waals surface area contributed by atoms with Crippen molar-refractivity contribution < 1.29 is 27.1 Å². The molecule has 176 valence electrons. The zero-order valence-electron chi connectivity index (χ0n) is 18.3. The Morgan fingerprint density at radius 1 is 0.971 bits per heavy atom. The van der Waals surface area contributed by atoms with Gasteiger partial charge in [-0.25, -0.2) is 12.8 Å². The molecule has 0 spiro atoms. The fourth-order valence-electron chi connectivity index (χ4n) is 3.06. The molecule has 0 radical (unpaired) electrons. The molecule has 0 saturated carbocycles. The van der Waals surface area contributed by atoms with Crippen LogP contribution in [0.3, 0.4) is 0 Å². The highest BCUT2D eigenvalue weighted by Gasteiger charge is 2.20. The van der Waals surface area contributed by atoms with E-state index in [4.69, 9.17) is 0 Å². The first-order valence-electron chi connectivity index (χ1n) is 10.2. The highest BCUT2D eigenvalue weighted by atomic mass is 32.2. The zero-order chi connectivity index (χ0) is 24.6. The molecule has 0 saturated heterocycles. The quantitative estimate of drug-likeness (QED) is 0.444. The Bertz CT molecular complexity index is 1260. The smallest absolute Gasteiger partial charge is 0.307 e. The number of esters is 1. The van der Waals surface area contributed by atoms with Gasteiger partial charge in [0.05, 0.1) is 25.0 Å². The Labute approximate surface area is 197 Å². The van der Waals surface area contributed by atoms with Gasteiger partial charge in [0.15, 0.2) is 0 Å². The molecule has 1 atom stereocenters. The molecule has 0 aliphatic heterocycles. The molecule has 0 heterocycles. The van der Waals surface area contributed by atoms with Gasteiger partial charge in [0.1, 0.15) is 5.82 Å². The molecule has 0 aliphatic carbocycles. The van der Waals surface area contributed by atoms with Crippen LogP contribution in [0.4, 0.5) is 10.1 Å². The van der Waals surface area contributed by atoms with Crippen LogP contribution in [0.15, 0.2) is 84.3 Å². The molecular weight excluding hydrogens is 459 g/mol. The average Bonchev–Trinajstić information content (AvgIpc) is 2.83. The lowest BCUT2D eigenvalue weighted by molar-refractivity contribution is -0.141. The Morgan fingerprint density at radius 3 is 2.24 bits per heavy atom. The van der Waals surface area contributed by atoms with E-state index in [1.807, 2.05) is 6.07 Å². The van der Waals surface area contributed by atoms with Gasteiger partial charge in [-0.3, -0.25) is 14.3 Å². The van der Waals surface area contributed by atoms with Crippen LogP contribution in [0.25, 0.3) is 6.08 Å². The van der Waals surface area contributed by atoms with Gasteiger partial charge in [0.2, 0.25) is 0 Å². The molecule has 34 heavy (non-hydrogen) atoms. The highest BCUT2D eigenvalue weighted by Crippen LogP contribution is 2.20. The molecule has 2 N–H and O–H groups in total. The van der Waals surface area contributed by atoms with Crippen LogP contribution in [-0.2, 0) is 19.6 Å². The average molecular weight is 483 g/mol. The van der Waals surface area contributed by atoms with Crippen LogP contribution in [-0.4, -0.2) is 27.4 Å². The number of nitrogens with one attached hydrogen (secondary N) is 2. The normalized spacial score (nSPS) is 12.2. The second kappa shape index (κ2) is 11.2. The van der Waals surface area contributed by atoms with Gasteiger partial charge in [-0.15, -0.1) is 0 Å². The molecule has 1 amide bonds. The largest absolute Gasteiger partial charge is 0.469 e. The van der Waals surface area contributed by atoms with Crippen molar-refractivity contribution in [3.63, 3.8) is 0 Å². The van der Waals surface area contributed by atoms with E-state index in [0.717, 1.165) is 11.0 Å². The summed E-state index contributed by atoms with van der Waals surface area (Å²) in [5.41, 5.74) is 1.80. The van der Waals surface area contributed by atoms with Crippen molar-refractivity contribution in [1.82, 2.24) is 5.32 Å². The number of carbonyl (C=O) groups excluding carboxylic acids is 2. The topological polar surface area (TPSA) is 102 Å². The van der Waals surface area contributed by atoms with E-state index in [-0.39, 0.29) is 17.7 Å². The maximum absolute atomic E-state index is 13.3. The van der Waals surface area contributed by atoms with Crippen molar-refractivity contribution in [2.24, 2.45) is 0 Å². The van der Waals surface area contributed by atoms with E-state index in [1.54, 1.807) is 24.3 Å². The minimum Gasteiger partial charge on any atom is -0.469 e. The molecular formula is C25H23FN2O5S. The molecule has 0 fully saturated rings. The monoisotopic (exact) mass is 482 g/mol. The Balaban J connectivity index is 1.68. The number of amides is 1. The maximum Gasteiger partial charge on any atom is 0.307 e. The van der Waals surface area contributed by atoms with Crippen molar-refractivity contribution >= 4 is 33.7 Å². The van der Waals surface area contributed by atoms with Crippen molar-refractivity contribution in [2.45, 2.75) is 12.5 Å². The number of benzene rings is 3. The summed E-state index contributed by atoms with van der Waals surface area (Å²) < 4.78 is 45.0. The Kier molecular flexibility index (Phi) is 8.15. The number of rotatable bonds is 9. The number of anilines is 1. The Morgan fingerprint density at radius 2 is 1.62 bits per heavy atom. The first-order valence-corrected chi connectivity index (χ1v) is 11.8. The summed E-state index contributed by atoms with van der Waals surface area (Å²) in [6, 6.07) is 19.5. The van der Waals surface area contributed by atoms with Gasteiger partial charge in [-0.2, -0.15) is 0 Å². The summed E-state index contributed by atoms with van der Waals surface area (Å²) >= 11 is 0. The third-order valence-corrected chi connectivity index (χ3v) is 5.84. The molecule has 3 aromatic rings. The number of hydrogen-bond acceptors (Lipinski definition) is 5. The summed E-state index contributed by atoms with van der Waals surface area (Å²) in [7, 11) is -2.52. The third-order valence-electron chi connectivity index (χ3n) is 4.82. The number of sulfonamides is 1. The van der Waals surface area contributed by atoms with Gasteiger partial charge in [0, 0.05) is 11.3 Å². The minimum absolute atomic E-state index is 0.139. The summed E-state index contributed by atoms with van der Waals surface area (Å²) in [6.07, 6.45) is 1.33. The fraction of sp³-hybridized carbons (Fsp3) is 0.120. The number of ether oxygens (including phenoxy) is 1. The molecule has 0 aliphatic rings. The lowest BCUT2D eigenvalue weighted by Gasteiger charge is -2.18. The molecule has 0 aromatic heterocycles. The van der Waals surface area contributed by atoms with Crippen LogP contribution in [0, 0.1) is 5.82 Å². The molecule has 7 nitrogen and oxygen atoms in total. The third kappa shape index (κ3) is 7.28. The molecule has 3 aromatic carbocycles. The molecule has 0 bridgehead atoms. The minimum atomic E-state index is -3.75. The van der Waals surface area contributed by atoms with Gasteiger partial charge < -0.3 is 10.1 Å². The molecule has 9 heteroatoms. The predicted molar refractivity (Wildman–Crippen MR) is 128 cm³/mol. The van der Waals surface area contributed by atoms with E-state index < -0.39 is 33.8 Å².